The fourth-order valence-electron chi connectivity index (χ4n) is 3.93. The molecule has 1 atom stereocenters. The van der Waals surface area contributed by atoms with Crippen LogP contribution in [0.25, 0.3) is 0 Å². The highest BCUT2D eigenvalue weighted by molar-refractivity contribution is 5.48. The summed E-state index contributed by atoms with van der Waals surface area (Å²) in [4.78, 5) is 14.1. The zero-order chi connectivity index (χ0) is 16.8. The average molecular weight is 332 g/mol. The number of ether oxygens (including phenoxy) is 1. The Morgan fingerprint density at radius 2 is 1.79 bits per heavy atom. The Morgan fingerprint density at radius 3 is 2.54 bits per heavy atom. The zero-order valence-electron chi connectivity index (χ0n) is 15.3. The molecular weight excluding hydrogens is 300 g/mol. The number of piperidine rings is 1. The van der Waals surface area contributed by atoms with Gasteiger partial charge in [0.05, 0.1) is 6.10 Å². The van der Waals surface area contributed by atoms with E-state index in [1.165, 1.54) is 58.2 Å². The van der Waals surface area contributed by atoms with Crippen molar-refractivity contribution in [3.05, 3.63) is 12.4 Å². The number of likely N-dealkylation sites (tertiary alicyclic amines) is 1. The molecule has 5 heteroatoms. The third kappa shape index (κ3) is 4.82. The zero-order valence-corrected chi connectivity index (χ0v) is 15.3. The molecule has 0 saturated carbocycles. The van der Waals surface area contributed by atoms with Crippen molar-refractivity contribution in [3.8, 4) is 5.88 Å². The molecule has 2 aliphatic heterocycles. The first-order chi connectivity index (χ1) is 11.7. The normalized spacial score (nSPS) is 23.3. The molecule has 0 amide bonds. The predicted molar refractivity (Wildman–Crippen MR) is 97.6 cm³/mol. The molecule has 2 aliphatic rings. The quantitative estimate of drug-likeness (QED) is 0.827. The summed E-state index contributed by atoms with van der Waals surface area (Å²) in [6.07, 6.45) is 11.7. The summed E-state index contributed by atoms with van der Waals surface area (Å²) < 4.78 is 5.87. The maximum atomic E-state index is 5.87. The number of anilines is 1. The lowest BCUT2D eigenvalue weighted by molar-refractivity contribution is 0.218. The fraction of sp³-hybridized carbons (Fsp3) is 0.789. The highest BCUT2D eigenvalue weighted by Crippen LogP contribution is 2.29. The maximum absolute atomic E-state index is 5.87. The number of rotatable bonds is 5. The van der Waals surface area contributed by atoms with Crippen LogP contribution in [0.15, 0.2) is 12.4 Å². The Balaban J connectivity index is 1.63. The third-order valence-electron chi connectivity index (χ3n) is 5.03. The van der Waals surface area contributed by atoms with E-state index in [0.29, 0.717) is 5.88 Å². The molecule has 3 heterocycles. The Kier molecular flexibility index (Phi) is 6.30. The Morgan fingerprint density at radius 1 is 1.04 bits per heavy atom. The average Bonchev–Trinajstić information content (AvgIpc) is 2.84. The van der Waals surface area contributed by atoms with Crippen LogP contribution in [0, 0.1) is 5.92 Å². The second kappa shape index (κ2) is 8.65. The van der Waals surface area contributed by atoms with Gasteiger partial charge < -0.3 is 14.5 Å². The smallest absolute Gasteiger partial charge is 0.257 e. The molecule has 5 nitrogen and oxygen atoms in total. The van der Waals surface area contributed by atoms with Crippen molar-refractivity contribution in [2.45, 2.75) is 58.5 Å². The summed E-state index contributed by atoms with van der Waals surface area (Å²) in [6, 6.07) is 0. The van der Waals surface area contributed by atoms with Gasteiger partial charge in [-0.25, -0.2) is 9.97 Å². The van der Waals surface area contributed by atoms with E-state index in [1.807, 2.05) is 13.8 Å². The van der Waals surface area contributed by atoms with Gasteiger partial charge in [-0.15, -0.1) is 0 Å². The van der Waals surface area contributed by atoms with Gasteiger partial charge in [0.2, 0.25) is 0 Å². The second-order valence-corrected chi connectivity index (χ2v) is 7.52. The van der Waals surface area contributed by atoms with Gasteiger partial charge in [0.1, 0.15) is 0 Å². The molecule has 2 saturated heterocycles. The summed E-state index contributed by atoms with van der Waals surface area (Å²) in [5.41, 5.74) is 0. The van der Waals surface area contributed by atoms with Gasteiger partial charge in [-0.3, -0.25) is 0 Å². The maximum Gasteiger partial charge on any atom is 0.257 e. The Hall–Kier alpha value is -1.36. The van der Waals surface area contributed by atoms with Crippen LogP contribution in [-0.2, 0) is 0 Å². The molecule has 134 valence electrons. The molecule has 3 rings (SSSR count). The van der Waals surface area contributed by atoms with Crippen molar-refractivity contribution in [1.29, 1.82) is 0 Å². The number of aromatic nitrogens is 2. The van der Waals surface area contributed by atoms with Crippen LogP contribution >= 0.6 is 0 Å². The van der Waals surface area contributed by atoms with Gasteiger partial charge in [-0.2, -0.15) is 0 Å². The highest BCUT2D eigenvalue weighted by atomic mass is 16.5. The molecule has 0 spiro atoms. The van der Waals surface area contributed by atoms with Gasteiger partial charge in [0.15, 0.2) is 5.82 Å². The van der Waals surface area contributed by atoms with Crippen molar-refractivity contribution in [2.24, 2.45) is 5.92 Å². The summed E-state index contributed by atoms with van der Waals surface area (Å²) >= 11 is 0. The largest absolute Gasteiger partial charge is 0.472 e. The van der Waals surface area contributed by atoms with Crippen molar-refractivity contribution < 1.29 is 4.74 Å². The topological polar surface area (TPSA) is 41.5 Å². The third-order valence-corrected chi connectivity index (χ3v) is 5.03. The second-order valence-electron chi connectivity index (χ2n) is 7.52. The van der Waals surface area contributed by atoms with Crippen molar-refractivity contribution >= 4 is 5.82 Å². The van der Waals surface area contributed by atoms with E-state index in [-0.39, 0.29) is 6.10 Å². The molecule has 0 bridgehead atoms. The van der Waals surface area contributed by atoms with Crippen molar-refractivity contribution in [2.75, 3.05) is 37.6 Å². The minimum atomic E-state index is 0.123. The highest BCUT2D eigenvalue weighted by Gasteiger charge is 2.25. The lowest BCUT2D eigenvalue weighted by Crippen LogP contribution is -2.42. The molecule has 2 fully saturated rings. The van der Waals surface area contributed by atoms with Crippen molar-refractivity contribution in [3.63, 3.8) is 0 Å². The van der Waals surface area contributed by atoms with Crippen molar-refractivity contribution in [1.82, 2.24) is 14.9 Å². The SMILES string of the molecule is CC(C)Oc1nccnc1N1CCCC(CN2CCCCCC2)C1. The summed E-state index contributed by atoms with van der Waals surface area (Å²) in [7, 11) is 0. The standard InChI is InChI=1S/C19H32N4O/c1-16(2)24-19-18(20-9-10-21-19)23-13-7-8-17(15-23)14-22-11-5-3-4-6-12-22/h9-10,16-17H,3-8,11-15H2,1-2H3. The molecule has 24 heavy (non-hydrogen) atoms. The van der Waals surface area contributed by atoms with Gasteiger partial charge in [0, 0.05) is 32.0 Å². The Bertz CT molecular complexity index is 500. The van der Waals surface area contributed by atoms with Crippen LogP contribution in [0.2, 0.25) is 0 Å². The van der Waals surface area contributed by atoms with E-state index in [0.717, 1.165) is 24.8 Å². The molecule has 0 aromatic carbocycles. The van der Waals surface area contributed by atoms with Crippen LogP contribution < -0.4 is 9.64 Å². The summed E-state index contributed by atoms with van der Waals surface area (Å²) in [6.45, 7) is 10.0. The van der Waals surface area contributed by atoms with E-state index in [4.69, 9.17) is 4.74 Å². The number of hydrogen-bond donors (Lipinski definition) is 0. The lowest BCUT2D eigenvalue weighted by Gasteiger charge is -2.36. The van der Waals surface area contributed by atoms with Gasteiger partial charge in [-0.1, -0.05) is 12.8 Å². The first-order valence-electron chi connectivity index (χ1n) is 9.67. The van der Waals surface area contributed by atoms with E-state index in [9.17, 15) is 0 Å². The van der Waals surface area contributed by atoms with E-state index in [2.05, 4.69) is 19.8 Å². The van der Waals surface area contributed by atoms with Crippen LogP contribution in [0.1, 0.15) is 52.4 Å². The van der Waals surface area contributed by atoms with Crippen LogP contribution in [-0.4, -0.2) is 53.7 Å². The molecule has 0 N–H and O–H groups in total. The van der Waals surface area contributed by atoms with Gasteiger partial charge in [0.25, 0.3) is 5.88 Å². The van der Waals surface area contributed by atoms with Crippen LogP contribution in [0.4, 0.5) is 5.82 Å². The molecule has 1 aromatic rings. The molecule has 0 radical (unpaired) electrons. The van der Waals surface area contributed by atoms with E-state index >= 15 is 0 Å². The monoisotopic (exact) mass is 332 g/mol. The molecule has 1 aromatic heterocycles. The lowest BCUT2D eigenvalue weighted by atomic mass is 9.97. The number of hydrogen-bond acceptors (Lipinski definition) is 5. The van der Waals surface area contributed by atoms with Crippen LogP contribution in [0.5, 0.6) is 5.88 Å². The minimum Gasteiger partial charge on any atom is -0.472 e. The van der Waals surface area contributed by atoms with E-state index < -0.39 is 0 Å². The summed E-state index contributed by atoms with van der Waals surface area (Å²) in [5.74, 6) is 2.33. The minimum absolute atomic E-state index is 0.123. The predicted octanol–water partition coefficient (Wildman–Crippen LogP) is 3.36. The van der Waals surface area contributed by atoms with Gasteiger partial charge >= 0.3 is 0 Å². The van der Waals surface area contributed by atoms with E-state index in [1.54, 1.807) is 12.4 Å². The Labute approximate surface area is 146 Å². The fourth-order valence-corrected chi connectivity index (χ4v) is 3.93. The molecule has 1 unspecified atom stereocenters. The molecule has 0 aliphatic carbocycles. The summed E-state index contributed by atoms with van der Waals surface area (Å²) in [5, 5.41) is 0. The van der Waals surface area contributed by atoms with Gasteiger partial charge in [-0.05, 0) is 58.5 Å². The number of nitrogens with zero attached hydrogens (tertiary/aromatic N) is 4. The first-order valence-corrected chi connectivity index (χ1v) is 9.67. The molecular formula is C19H32N4O. The first kappa shape index (κ1) is 17.5. The van der Waals surface area contributed by atoms with Crippen LogP contribution in [0.3, 0.4) is 0 Å².